The van der Waals surface area contributed by atoms with Gasteiger partial charge in [-0.05, 0) is 19.3 Å². The first-order chi connectivity index (χ1) is 12.2. The molecular weight excluding hydrogens is 310 g/mol. The summed E-state index contributed by atoms with van der Waals surface area (Å²) in [5.41, 5.74) is 0.797. The van der Waals surface area contributed by atoms with Crippen molar-refractivity contribution in [1.82, 2.24) is 5.32 Å². The van der Waals surface area contributed by atoms with Crippen LogP contribution in [0, 0.1) is 0 Å². The summed E-state index contributed by atoms with van der Waals surface area (Å²) in [6.07, 6.45) is 12.7. The van der Waals surface area contributed by atoms with E-state index in [0.717, 1.165) is 37.8 Å². The average molecular weight is 346 g/mol. The van der Waals surface area contributed by atoms with Crippen LogP contribution in [-0.4, -0.2) is 18.2 Å². The Labute approximate surface area is 153 Å². The van der Waals surface area contributed by atoms with Gasteiger partial charge in [0, 0.05) is 24.9 Å². The maximum Gasteiger partial charge on any atom is 0.219 e. The van der Waals surface area contributed by atoms with Crippen LogP contribution in [0.1, 0.15) is 94.3 Å². The SMILES string of the molecule is CCCCCCCCCC(=O)NCCCCCC(=O)c1ccccc1. The van der Waals surface area contributed by atoms with Crippen LogP contribution in [0.2, 0.25) is 0 Å². The highest BCUT2D eigenvalue weighted by atomic mass is 16.1. The minimum Gasteiger partial charge on any atom is -0.356 e. The Morgan fingerprint density at radius 2 is 1.36 bits per heavy atom. The Morgan fingerprint density at radius 1 is 0.760 bits per heavy atom. The van der Waals surface area contributed by atoms with Crippen LogP contribution >= 0.6 is 0 Å². The van der Waals surface area contributed by atoms with Crippen molar-refractivity contribution in [2.75, 3.05) is 6.54 Å². The van der Waals surface area contributed by atoms with Crippen molar-refractivity contribution in [3.63, 3.8) is 0 Å². The minimum atomic E-state index is 0.175. The average Bonchev–Trinajstić information content (AvgIpc) is 2.64. The number of rotatable bonds is 15. The zero-order valence-corrected chi connectivity index (χ0v) is 15.9. The molecule has 3 nitrogen and oxygen atoms in total. The monoisotopic (exact) mass is 345 g/mol. The van der Waals surface area contributed by atoms with E-state index in [1.54, 1.807) is 0 Å². The molecule has 1 amide bonds. The molecule has 0 fully saturated rings. The van der Waals surface area contributed by atoms with Crippen LogP contribution in [0.5, 0.6) is 0 Å². The molecular formula is C22H35NO2. The molecule has 1 aromatic carbocycles. The van der Waals surface area contributed by atoms with E-state index in [9.17, 15) is 9.59 Å². The van der Waals surface area contributed by atoms with Gasteiger partial charge in [-0.1, -0.05) is 82.2 Å². The highest BCUT2D eigenvalue weighted by Crippen LogP contribution is 2.09. The quantitative estimate of drug-likeness (QED) is 0.328. The minimum absolute atomic E-state index is 0.175. The summed E-state index contributed by atoms with van der Waals surface area (Å²) in [7, 11) is 0. The van der Waals surface area contributed by atoms with Crippen LogP contribution in [-0.2, 0) is 4.79 Å². The number of amides is 1. The summed E-state index contributed by atoms with van der Waals surface area (Å²) in [6, 6.07) is 9.45. The van der Waals surface area contributed by atoms with E-state index >= 15 is 0 Å². The Hall–Kier alpha value is -1.64. The highest BCUT2D eigenvalue weighted by molar-refractivity contribution is 5.95. The largest absolute Gasteiger partial charge is 0.356 e. The van der Waals surface area contributed by atoms with E-state index in [0.29, 0.717) is 12.8 Å². The molecule has 0 radical (unpaired) electrons. The third-order valence-corrected chi connectivity index (χ3v) is 4.51. The van der Waals surface area contributed by atoms with Gasteiger partial charge in [-0.2, -0.15) is 0 Å². The summed E-state index contributed by atoms with van der Waals surface area (Å²) in [4.78, 5) is 23.7. The number of carbonyl (C=O) groups is 2. The zero-order valence-electron chi connectivity index (χ0n) is 15.9. The van der Waals surface area contributed by atoms with Gasteiger partial charge < -0.3 is 5.32 Å². The molecule has 1 N–H and O–H groups in total. The zero-order chi connectivity index (χ0) is 18.2. The number of Topliss-reactive ketones (excluding diaryl/α,β-unsaturated/α-hetero) is 1. The lowest BCUT2D eigenvalue weighted by Gasteiger charge is -2.05. The second-order valence-electron chi connectivity index (χ2n) is 6.82. The third-order valence-electron chi connectivity index (χ3n) is 4.51. The van der Waals surface area contributed by atoms with Gasteiger partial charge >= 0.3 is 0 Å². The number of nitrogens with one attached hydrogen (secondary N) is 1. The molecule has 0 aliphatic rings. The Balaban J connectivity index is 1.90. The Bertz CT molecular complexity index is 470. The molecule has 0 spiro atoms. The van der Waals surface area contributed by atoms with Crippen LogP contribution in [0.3, 0.4) is 0 Å². The van der Waals surface area contributed by atoms with Crippen molar-refractivity contribution >= 4 is 11.7 Å². The fourth-order valence-corrected chi connectivity index (χ4v) is 2.91. The van der Waals surface area contributed by atoms with Crippen molar-refractivity contribution < 1.29 is 9.59 Å². The molecule has 1 aromatic rings. The molecule has 0 atom stereocenters. The second-order valence-corrected chi connectivity index (χ2v) is 6.82. The van der Waals surface area contributed by atoms with Gasteiger partial charge in [0.2, 0.25) is 5.91 Å². The Morgan fingerprint density at radius 3 is 2.08 bits per heavy atom. The van der Waals surface area contributed by atoms with Crippen LogP contribution in [0.25, 0.3) is 0 Å². The fourth-order valence-electron chi connectivity index (χ4n) is 2.91. The highest BCUT2D eigenvalue weighted by Gasteiger charge is 2.04. The van der Waals surface area contributed by atoms with Gasteiger partial charge in [0.15, 0.2) is 5.78 Å². The third kappa shape index (κ3) is 11.5. The molecule has 0 unspecified atom stereocenters. The molecule has 0 saturated heterocycles. The lowest BCUT2D eigenvalue weighted by atomic mass is 10.0. The van der Waals surface area contributed by atoms with E-state index in [2.05, 4.69) is 12.2 Å². The summed E-state index contributed by atoms with van der Waals surface area (Å²) in [6.45, 7) is 2.96. The van der Waals surface area contributed by atoms with E-state index in [1.807, 2.05) is 30.3 Å². The number of hydrogen-bond acceptors (Lipinski definition) is 2. The predicted molar refractivity (Wildman–Crippen MR) is 105 cm³/mol. The summed E-state index contributed by atoms with van der Waals surface area (Å²) in [5, 5.41) is 2.99. The Kier molecular flexibility index (Phi) is 12.6. The standard InChI is InChI=1S/C22H35NO2/c1-2-3-4-5-6-7-13-18-22(25)23-19-14-9-12-17-21(24)20-15-10-8-11-16-20/h8,10-11,15-16H,2-7,9,12-14,17-19H2,1H3,(H,23,25). The van der Waals surface area contributed by atoms with Crippen LogP contribution in [0.15, 0.2) is 30.3 Å². The van der Waals surface area contributed by atoms with Crippen molar-refractivity contribution in [2.45, 2.75) is 84.0 Å². The number of carbonyl (C=O) groups excluding carboxylic acids is 2. The molecule has 0 aliphatic heterocycles. The molecule has 1 rings (SSSR count). The van der Waals surface area contributed by atoms with Gasteiger partial charge in [0.05, 0.1) is 0 Å². The van der Waals surface area contributed by atoms with E-state index in [4.69, 9.17) is 0 Å². The lowest BCUT2D eigenvalue weighted by Crippen LogP contribution is -2.23. The first-order valence-corrected chi connectivity index (χ1v) is 10.1. The number of benzene rings is 1. The normalized spacial score (nSPS) is 10.6. The lowest BCUT2D eigenvalue weighted by molar-refractivity contribution is -0.121. The van der Waals surface area contributed by atoms with E-state index in [1.165, 1.54) is 38.5 Å². The van der Waals surface area contributed by atoms with Crippen LogP contribution in [0.4, 0.5) is 0 Å². The van der Waals surface area contributed by atoms with Gasteiger partial charge in [-0.25, -0.2) is 0 Å². The molecule has 3 heteroatoms. The molecule has 0 saturated carbocycles. The van der Waals surface area contributed by atoms with Gasteiger partial charge in [-0.15, -0.1) is 0 Å². The van der Waals surface area contributed by atoms with Gasteiger partial charge in [0.25, 0.3) is 0 Å². The van der Waals surface area contributed by atoms with Crippen molar-refractivity contribution in [1.29, 1.82) is 0 Å². The summed E-state index contributed by atoms with van der Waals surface area (Å²) >= 11 is 0. The molecule has 0 bridgehead atoms. The summed E-state index contributed by atoms with van der Waals surface area (Å²) < 4.78 is 0. The van der Waals surface area contributed by atoms with Crippen molar-refractivity contribution in [3.8, 4) is 0 Å². The topological polar surface area (TPSA) is 46.2 Å². The summed E-state index contributed by atoms with van der Waals surface area (Å²) in [5.74, 6) is 0.387. The maximum atomic E-state index is 11.9. The molecule has 25 heavy (non-hydrogen) atoms. The fraction of sp³-hybridized carbons (Fsp3) is 0.636. The van der Waals surface area contributed by atoms with Gasteiger partial charge in [0.1, 0.15) is 0 Å². The first-order valence-electron chi connectivity index (χ1n) is 10.1. The molecule has 0 aliphatic carbocycles. The molecule has 0 aromatic heterocycles. The molecule has 0 heterocycles. The smallest absolute Gasteiger partial charge is 0.219 e. The second kappa shape index (κ2) is 14.7. The number of hydrogen-bond donors (Lipinski definition) is 1. The predicted octanol–water partition coefficient (Wildman–Crippen LogP) is 5.69. The van der Waals surface area contributed by atoms with E-state index < -0.39 is 0 Å². The van der Waals surface area contributed by atoms with E-state index in [-0.39, 0.29) is 11.7 Å². The van der Waals surface area contributed by atoms with Crippen molar-refractivity contribution in [2.24, 2.45) is 0 Å². The van der Waals surface area contributed by atoms with Gasteiger partial charge in [-0.3, -0.25) is 9.59 Å². The maximum absolute atomic E-state index is 11.9. The van der Waals surface area contributed by atoms with Crippen LogP contribution < -0.4 is 5.32 Å². The number of unbranched alkanes of at least 4 members (excludes halogenated alkanes) is 8. The first kappa shape index (κ1) is 21.4. The molecule has 140 valence electrons. The number of ketones is 1. The van der Waals surface area contributed by atoms with Crippen molar-refractivity contribution in [3.05, 3.63) is 35.9 Å².